The Morgan fingerprint density at radius 2 is 1.92 bits per heavy atom. The van der Waals surface area contributed by atoms with Gasteiger partial charge in [-0.25, -0.2) is 0 Å². The summed E-state index contributed by atoms with van der Waals surface area (Å²) in [6.45, 7) is 3.63. The van der Waals surface area contributed by atoms with Crippen molar-refractivity contribution in [1.29, 1.82) is 0 Å². The highest BCUT2D eigenvalue weighted by Crippen LogP contribution is 2.01. The Morgan fingerprint density at radius 1 is 1.17 bits per heavy atom. The van der Waals surface area contributed by atoms with Gasteiger partial charge in [-0.05, 0) is 32.0 Å². The topological polar surface area (TPSA) is 0 Å². The Kier molecular flexibility index (Phi) is 3.00. The molecule has 1 aromatic carbocycles. The fraction of sp³-hybridized carbons (Fsp3) is 0.167. The molecule has 0 nitrogen and oxygen atoms in total. The third kappa shape index (κ3) is 2.19. The summed E-state index contributed by atoms with van der Waals surface area (Å²) >= 11 is 0. The van der Waals surface area contributed by atoms with Crippen molar-refractivity contribution in [2.24, 2.45) is 0 Å². The summed E-state index contributed by atoms with van der Waals surface area (Å²) in [5.41, 5.74) is 1.90. The van der Waals surface area contributed by atoms with Gasteiger partial charge >= 0.3 is 0 Å². The molecule has 1 aromatic rings. The monoisotopic (exact) mass is 153 g/mol. The van der Waals surface area contributed by atoms with Gasteiger partial charge in [0.2, 0.25) is 0 Å². The van der Waals surface area contributed by atoms with Gasteiger partial charge in [-0.3, -0.25) is 0 Å². The summed E-state index contributed by atoms with van der Waals surface area (Å²) < 4.78 is 0. The molecule has 0 heterocycles. The first kappa shape index (κ1) is 8.44. The molecule has 0 unspecified atom stereocenters. The van der Waals surface area contributed by atoms with Crippen LogP contribution in [0.1, 0.15) is 25.0 Å². The highest BCUT2D eigenvalue weighted by Gasteiger charge is 1.88. The Hall–Kier alpha value is -1.66. The Labute approximate surface area is 73.6 Å². The van der Waals surface area contributed by atoms with Gasteiger partial charge in [-0.15, -0.1) is 11.8 Å². The number of hydrogen-bond acceptors (Lipinski definition) is 0. The van der Waals surface area contributed by atoms with Crippen LogP contribution in [0.15, 0.2) is 18.2 Å². The van der Waals surface area contributed by atoms with Crippen LogP contribution < -0.4 is 0 Å². The summed E-state index contributed by atoms with van der Waals surface area (Å²) in [4.78, 5) is 0. The summed E-state index contributed by atoms with van der Waals surface area (Å²) in [6.07, 6.45) is 0. The lowest BCUT2D eigenvalue weighted by Gasteiger charge is -1.90. The fourth-order valence-electron chi connectivity index (χ4n) is 0.895. The normalized spacial score (nSPS) is 7.50. The standard InChI is InChI=1S/C12H9/c1-3-6-11-8-5-9-12(10-11)7-4-2/h5,8,10H,1-2H3. The van der Waals surface area contributed by atoms with Gasteiger partial charge in [0.25, 0.3) is 0 Å². The largest absolute Gasteiger partial charge is 0.101 e. The van der Waals surface area contributed by atoms with E-state index in [4.69, 9.17) is 0 Å². The molecule has 0 aliphatic rings. The first-order chi connectivity index (χ1) is 5.86. The van der Waals surface area contributed by atoms with E-state index in [9.17, 15) is 0 Å². The van der Waals surface area contributed by atoms with Crippen molar-refractivity contribution in [2.45, 2.75) is 13.8 Å². The SMILES string of the molecule is CC#Cc1[c]ccc(C#CC)c1. The molecule has 0 amide bonds. The lowest BCUT2D eigenvalue weighted by atomic mass is 10.1. The molecule has 0 aliphatic heterocycles. The predicted octanol–water partition coefficient (Wildman–Crippen LogP) is 2.23. The van der Waals surface area contributed by atoms with E-state index in [0.29, 0.717) is 0 Å². The molecule has 0 saturated carbocycles. The van der Waals surface area contributed by atoms with Crippen LogP contribution in [0.5, 0.6) is 0 Å². The lowest BCUT2D eigenvalue weighted by molar-refractivity contribution is 1.58. The predicted molar refractivity (Wildman–Crippen MR) is 50.4 cm³/mol. The van der Waals surface area contributed by atoms with Gasteiger partial charge in [0.1, 0.15) is 0 Å². The molecule has 0 aromatic heterocycles. The van der Waals surface area contributed by atoms with E-state index in [1.807, 2.05) is 32.0 Å². The van der Waals surface area contributed by atoms with Crippen molar-refractivity contribution in [1.82, 2.24) is 0 Å². The summed E-state index contributed by atoms with van der Waals surface area (Å²) in [6, 6.07) is 8.74. The molecule has 57 valence electrons. The molecule has 0 heteroatoms. The van der Waals surface area contributed by atoms with E-state index >= 15 is 0 Å². The molecule has 0 N–H and O–H groups in total. The second kappa shape index (κ2) is 4.27. The molecule has 0 atom stereocenters. The van der Waals surface area contributed by atoms with E-state index in [0.717, 1.165) is 11.1 Å². The van der Waals surface area contributed by atoms with Crippen LogP contribution in [0.4, 0.5) is 0 Å². The first-order valence-corrected chi connectivity index (χ1v) is 3.74. The maximum atomic E-state index is 3.03. The second-order valence-corrected chi connectivity index (χ2v) is 2.24. The van der Waals surface area contributed by atoms with Crippen LogP contribution >= 0.6 is 0 Å². The van der Waals surface area contributed by atoms with Crippen molar-refractivity contribution in [3.05, 3.63) is 35.4 Å². The molecule has 0 saturated heterocycles. The third-order valence-electron chi connectivity index (χ3n) is 1.33. The third-order valence-corrected chi connectivity index (χ3v) is 1.33. The van der Waals surface area contributed by atoms with Crippen LogP contribution in [0.2, 0.25) is 0 Å². The van der Waals surface area contributed by atoms with Gasteiger partial charge in [-0.1, -0.05) is 17.9 Å². The van der Waals surface area contributed by atoms with Gasteiger partial charge in [0.15, 0.2) is 0 Å². The van der Waals surface area contributed by atoms with Crippen molar-refractivity contribution in [2.75, 3.05) is 0 Å². The van der Waals surface area contributed by atoms with E-state index in [2.05, 4.69) is 29.7 Å². The van der Waals surface area contributed by atoms with E-state index in [1.165, 1.54) is 0 Å². The minimum Gasteiger partial charge on any atom is -0.101 e. The van der Waals surface area contributed by atoms with Crippen LogP contribution in [0.25, 0.3) is 0 Å². The molecule has 0 aliphatic carbocycles. The highest BCUT2D eigenvalue weighted by molar-refractivity contribution is 5.42. The van der Waals surface area contributed by atoms with Gasteiger partial charge in [0.05, 0.1) is 0 Å². The zero-order valence-corrected chi connectivity index (χ0v) is 7.23. The average Bonchev–Trinajstić information content (AvgIpc) is 2.06. The van der Waals surface area contributed by atoms with Crippen LogP contribution in [0, 0.1) is 29.7 Å². The zero-order chi connectivity index (χ0) is 8.81. The minimum absolute atomic E-state index is 0.901. The van der Waals surface area contributed by atoms with Crippen LogP contribution in [-0.4, -0.2) is 0 Å². The van der Waals surface area contributed by atoms with E-state index in [1.54, 1.807) is 0 Å². The Morgan fingerprint density at radius 3 is 2.58 bits per heavy atom. The number of rotatable bonds is 0. The number of benzene rings is 1. The molecule has 12 heavy (non-hydrogen) atoms. The fourth-order valence-corrected chi connectivity index (χ4v) is 0.895. The maximum absolute atomic E-state index is 3.03. The van der Waals surface area contributed by atoms with Gasteiger partial charge in [0, 0.05) is 11.1 Å². The van der Waals surface area contributed by atoms with Crippen molar-refractivity contribution >= 4 is 0 Å². The average molecular weight is 153 g/mol. The summed E-state index contributed by atoms with van der Waals surface area (Å²) in [5, 5.41) is 0. The van der Waals surface area contributed by atoms with Crippen molar-refractivity contribution < 1.29 is 0 Å². The molecular formula is C12H9. The Bertz CT molecular complexity index is 342. The van der Waals surface area contributed by atoms with E-state index < -0.39 is 0 Å². The molecule has 1 radical (unpaired) electrons. The second-order valence-electron chi connectivity index (χ2n) is 2.24. The van der Waals surface area contributed by atoms with Gasteiger partial charge in [-0.2, -0.15) is 0 Å². The molecular weight excluding hydrogens is 144 g/mol. The first-order valence-electron chi connectivity index (χ1n) is 3.74. The highest BCUT2D eigenvalue weighted by atomic mass is 13.9. The van der Waals surface area contributed by atoms with Crippen molar-refractivity contribution in [3.63, 3.8) is 0 Å². The molecule has 0 fully saturated rings. The smallest absolute Gasteiger partial charge is 0.0336 e. The summed E-state index contributed by atoms with van der Waals surface area (Å²) in [5.74, 6) is 11.6. The lowest BCUT2D eigenvalue weighted by Crippen LogP contribution is -1.77. The summed E-state index contributed by atoms with van der Waals surface area (Å²) in [7, 11) is 0. The molecule has 1 rings (SSSR count). The maximum Gasteiger partial charge on any atom is 0.0336 e. The van der Waals surface area contributed by atoms with Crippen LogP contribution in [0.3, 0.4) is 0 Å². The molecule has 0 spiro atoms. The van der Waals surface area contributed by atoms with Crippen LogP contribution in [-0.2, 0) is 0 Å². The number of hydrogen-bond donors (Lipinski definition) is 0. The van der Waals surface area contributed by atoms with Crippen molar-refractivity contribution in [3.8, 4) is 23.7 Å². The zero-order valence-electron chi connectivity index (χ0n) is 7.23. The van der Waals surface area contributed by atoms with E-state index in [-0.39, 0.29) is 0 Å². The Balaban J connectivity index is 3.06. The van der Waals surface area contributed by atoms with Gasteiger partial charge < -0.3 is 0 Å². The quantitative estimate of drug-likeness (QED) is 0.501. The molecule has 0 bridgehead atoms. The minimum atomic E-state index is 0.901.